The highest BCUT2D eigenvalue weighted by Gasteiger charge is 2.28. The number of amides is 2. The number of nitrogens with one attached hydrogen (secondary N) is 2. The number of hydrogen-bond acceptors (Lipinski definition) is 5. The Balaban J connectivity index is 2.29. The van der Waals surface area contributed by atoms with Crippen molar-refractivity contribution in [1.29, 1.82) is 0 Å². The van der Waals surface area contributed by atoms with Crippen LogP contribution in [0.25, 0.3) is 0 Å². The number of ether oxygens (including phenoxy) is 1. The molecule has 2 rings (SSSR count). The minimum Gasteiger partial charge on any atom is -0.496 e. The van der Waals surface area contributed by atoms with Crippen LogP contribution in [0.5, 0.6) is 5.75 Å². The number of benzene rings is 2. The molecular weight excluding hydrogens is 383 g/mol. The van der Waals surface area contributed by atoms with E-state index >= 15 is 0 Å². The number of nitrogens with zero attached hydrogens (tertiary/aromatic N) is 1. The summed E-state index contributed by atoms with van der Waals surface area (Å²) < 4.78 is 41.9. The maximum absolute atomic E-state index is 12.5. The van der Waals surface area contributed by atoms with Crippen LogP contribution in [-0.2, 0) is 0 Å². The van der Waals surface area contributed by atoms with Gasteiger partial charge in [-0.05, 0) is 18.2 Å². The van der Waals surface area contributed by atoms with Gasteiger partial charge in [-0.1, -0.05) is 12.1 Å². The van der Waals surface area contributed by atoms with Crippen molar-refractivity contribution in [3.8, 4) is 5.75 Å². The summed E-state index contributed by atoms with van der Waals surface area (Å²) in [6, 6.07) is 8.77. The van der Waals surface area contributed by atoms with Crippen LogP contribution in [0.3, 0.4) is 0 Å². The van der Waals surface area contributed by atoms with Gasteiger partial charge in [0.2, 0.25) is 0 Å². The second-order valence-corrected chi connectivity index (χ2v) is 5.44. The van der Waals surface area contributed by atoms with E-state index in [0.29, 0.717) is 0 Å². The standard InChI is InChI=1S/C17H14F3N3O5/c1-28-14-7-6-10(23(26)27)8-12(14)16(25)22-13-5-3-2-4-11(13)15(24)21-9-17(18,19)20/h2-8H,9H2,1H3,(H,21,24)(H,22,25). The highest BCUT2D eigenvalue weighted by molar-refractivity contribution is 6.10. The average molecular weight is 397 g/mol. The van der Waals surface area contributed by atoms with Crippen LogP contribution in [-0.4, -0.2) is 36.6 Å². The Morgan fingerprint density at radius 2 is 1.79 bits per heavy atom. The molecule has 2 N–H and O–H groups in total. The van der Waals surface area contributed by atoms with Crippen LogP contribution in [0.1, 0.15) is 20.7 Å². The highest BCUT2D eigenvalue weighted by atomic mass is 19.4. The molecule has 0 saturated heterocycles. The quantitative estimate of drug-likeness (QED) is 0.575. The molecule has 0 aliphatic heterocycles. The Kier molecular flexibility index (Phi) is 6.18. The fourth-order valence-corrected chi connectivity index (χ4v) is 2.24. The van der Waals surface area contributed by atoms with Gasteiger partial charge in [0.15, 0.2) is 0 Å². The monoisotopic (exact) mass is 397 g/mol. The number of rotatable bonds is 6. The van der Waals surface area contributed by atoms with Crippen molar-refractivity contribution >= 4 is 23.2 Å². The Hall–Kier alpha value is -3.63. The van der Waals surface area contributed by atoms with E-state index < -0.39 is 29.5 Å². The summed E-state index contributed by atoms with van der Waals surface area (Å²) in [7, 11) is 1.26. The second-order valence-electron chi connectivity index (χ2n) is 5.44. The minimum atomic E-state index is -4.59. The summed E-state index contributed by atoms with van der Waals surface area (Å²) in [5.74, 6) is -1.84. The second kappa shape index (κ2) is 8.37. The molecule has 0 spiro atoms. The molecule has 2 aromatic rings. The lowest BCUT2D eigenvalue weighted by Crippen LogP contribution is -2.34. The van der Waals surface area contributed by atoms with Gasteiger partial charge < -0.3 is 15.4 Å². The first-order chi connectivity index (χ1) is 13.1. The van der Waals surface area contributed by atoms with Crippen molar-refractivity contribution in [2.45, 2.75) is 6.18 Å². The first-order valence-electron chi connectivity index (χ1n) is 7.70. The lowest BCUT2D eigenvalue weighted by Gasteiger charge is -2.13. The lowest BCUT2D eigenvalue weighted by atomic mass is 10.1. The molecule has 0 heterocycles. The van der Waals surface area contributed by atoms with Crippen LogP contribution in [0, 0.1) is 10.1 Å². The number of carbonyl (C=O) groups is 2. The summed E-state index contributed by atoms with van der Waals surface area (Å²) in [5.41, 5.74) is -0.811. The third-order valence-corrected chi connectivity index (χ3v) is 3.51. The molecule has 0 fully saturated rings. The van der Waals surface area contributed by atoms with E-state index in [0.717, 1.165) is 12.1 Å². The third kappa shape index (κ3) is 5.19. The van der Waals surface area contributed by atoms with Gasteiger partial charge in [-0.2, -0.15) is 13.2 Å². The van der Waals surface area contributed by atoms with E-state index in [4.69, 9.17) is 4.74 Å². The number of nitro groups is 1. The van der Waals surface area contributed by atoms with Crippen LogP contribution < -0.4 is 15.4 Å². The van der Waals surface area contributed by atoms with Gasteiger partial charge in [-0.25, -0.2) is 0 Å². The number of hydrogen-bond donors (Lipinski definition) is 2. The van der Waals surface area contributed by atoms with Gasteiger partial charge in [-0.15, -0.1) is 0 Å². The van der Waals surface area contributed by atoms with E-state index in [1.54, 1.807) is 5.32 Å². The van der Waals surface area contributed by atoms with Gasteiger partial charge in [0.25, 0.3) is 17.5 Å². The predicted octanol–water partition coefficient (Wildman–Crippen LogP) is 3.15. The van der Waals surface area contributed by atoms with E-state index in [-0.39, 0.29) is 28.3 Å². The first kappa shape index (κ1) is 20.7. The maximum atomic E-state index is 12.5. The molecule has 0 bridgehead atoms. The molecule has 0 saturated carbocycles. The fraction of sp³-hybridized carbons (Fsp3) is 0.176. The van der Waals surface area contributed by atoms with Crippen molar-refractivity contribution in [3.05, 3.63) is 63.7 Å². The van der Waals surface area contributed by atoms with Crippen molar-refractivity contribution in [1.82, 2.24) is 5.32 Å². The summed E-state index contributed by atoms with van der Waals surface area (Å²) in [4.78, 5) is 34.8. The number of para-hydroxylation sites is 1. The molecule has 148 valence electrons. The van der Waals surface area contributed by atoms with Gasteiger partial charge >= 0.3 is 6.18 Å². The number of carbonyl (C=O) groups excluding carboxylic acids is 2. The van der Waals surface area contributed by atoms with Crippen molar-refractivity contribution in [2.24, 2.45) is 0 Å². The molecule has 0 radical (unpaired) electrons. The smallest absolute Gasteiger partial charge is 0.405 e. The van der Waals surface area contributed by atoms with E-state index in [1.165, 1.54) is 37.4 Å². The number of anilines is 1. The summed E-state index contributed by atoms with van der Waals surface area (Å²) >= 11 is 0. The molecule has 0 aromatic heterocycles. The van der Waals surface area contributed by atoms with Gasteiger partial charge in [0.05, 0.1) is 28.8 Å². The first-order valence-corrected chi connectivity index (χ1v) is 7.70. The van der Waals surface area contributed by atoms with E-state index in [1.807, 2.05) is 0 Å². The third-order valence-electron chi connectivity index (χ3n) is 3.51. The number of methoxy groups -OCH3 is 1. The maximum Gasteiger partial charge on any atom is 0.405 e. The Bertz CT molecular complexity index is 915. The zero-order chi connectivity index (χ0) is 20.9. The topological polar surface area (TPSA) is 111 Å². The Morgan fingerprint density at radius 3 is 2.39 bits per heavy atom. The molecule has 11 heteroatoms. The molecule has 0 atom stereocenters. The van der Waals surface area contributed by atoms with Crippen LogP contribution in [0.15, 0.2) is 42.5 Å². The number of alkyl halides is 3. The Morgan fingerprint density at radius 1 is 1.11 bits per heavy atom. The average Bonchev–Trinajstić information content (AvgIpc) is 2.65. The molecule has 0 unspecified atom stereocenters. The summed E-state index contributed by atoms with van der Waals surface area (Å²) in [6.07, 6.45) is -4.59. The van der Waals surface area contributed by atoms with Gasteiger partial charge in [0.1, 0.15) is 12.3 Å². The number of halogens is 3. The van der Waals surface area contributed by atoms with Gasteiger partial charge in [-0.3, -0.25) is 19.7 Å². The van der Waals surface area contributed by atoms with Crippen LogP contribution in [0.4, 0.5) is 24.5 Å². The van der Waals surface area contributed by atoms with Crippen LogP contribution in [0.2, 0.25) is 0 Å². The molecule has 2 aromatic carbocycles. The van der Waals surface area contributed by atoms with Crippen LogP contribution >= 0.6 is 0 Å². The molecule has 0 aliphatic rings. The zero-order valence-electron chi connectivity index (χ0n) is 14.4. The largest absolute Gasteiger partial charge is 0.496 e. The normalized spacial score (nSPS) is 10.9. The zero-order valence-corrected chi connectivity index (χ0v) is 14.4. The van der Waals surface area contributed by atoms with E-state index in [2.05, 4.69) is 5.32 Å². The molecule has 0 aliphatic carbocycles. The molecular formula is C17H14F3N3O5. The Labute approximate surface area is 156 Å². The molecule has 8 nitrogen and oxygen atoms in total. The lowest BCUT2D eigenvalue weighted by molar-refractivity contribution is -0.384. The van der Waals surface area contributed by atoms with Crippen molar-refractivity contribution in [2.75, 3.05) is 19.0 Å². The molecule has 28 heavy (non-hydrogen) atoms. The number of nitro benzene ring substituents is 1. The SMILES string of the molecule is COc1ccc([N+](=O)[O-])cc1C(=O)Nc1ccccc1C(=O)NCC(F)(F)F. The molecule has 2 amide bonds. The predicted molar refractivity (Wildman–Crippen MR) is 92.4 cm³/mol. The number of non-ortho nitro benzene ring substituents is 1. The van der Waals surface area contributed by atoms with E-state index in [9.17, 15) is 32.9 Å². The van der Waals surface area contributed by atoms with Gasteiger partial charge in [0, 0.05) is 12.1 Å². The van der Waals surface area contributed by atoms with Crippen molar-refractivity contribution < 1.29 is 32.4 Å². The minimum absolute atomic E-state index is 0.0436. The summed E-state index contributed by atoms with van der Waals surface area (Å²) in [6.45, 7) is -1.53. The fourth-order valence-electron chi connectivity index (χ4n) is 2.24. The van der Waals surface area contributed by atoms with Crippen molar-refractivity contribution in [3.63, 3.8) is 0 Å². The highest BCUT2D eigenvalue weighted by Crippen LogP contribution is 2.26. The summed E-state index contributed by atoms with van der Waals surface area (Å²) in [5, 5.41) is 15.0.